The summed E-state index contributed by atoms with van der Waals surface area (Å²) in [5, 5.41) is 5.97. The van der Waals surface area contributed by atoms with Crippen molar-refractivity contribution in [1.29, 1.82) is 0 Å². The minimum Gasteiger partial charge on any atom is -0.454 e. The Labute approximate surface area is 129 Å². The highest BCUT2D eigenvalue weighted by Gasteiger charge is 2.13. The van der Waals surface area contributed by atoms with Crippen LogP contribution in [-0.2, 0) is 11.2 Å². The zero-order chi connectivity index (χ0) is 15.2. The first kappa shape index (κ1) is 14.3. The van der Waals surface area contributed by atoms with Crippen LogP contribution in [-0.4, -0.2) is 25.8 Å². The molecule has 22 heavy (non-hydrogen) atoms. The number of nitrogens with one attached hydrogen (secondary N) is 2. The van der Waals surface area contributed by atoms with Crippen LogP contribution in [0.15, 0.2) is 48.5 Å². The lowest BCUT2D eigenvalue weighted by molar-refractivity contribution is -0.119. The van der Waals surface area contributed by atoms with Crippen molar-refractivity contribution in [2.45, 2.75) is 6.42 Å². The summed E-state index contributed by atoms with van der Waals surface area (Å²) >= 11 is 0. The molecule has 1 aliphatic heterocycles. The summed E-state index contributed by atoms with van der Waals surface area (Å²) in [5.41, 5.74) is 2.05. The number of anilines is 1. The average molecular weight is 298 g/mol. The largest absolute Gasteiger partial charge is 0.454 e. The number of carbonyl (C=O) groups is 1. The molecule has 0 radical (unpaired) electrons. The summed E-state index contributed by atoms with van der Waals surface area (Å²) in [4.78, 5) is 11.8. The zero-order valence-corrected chi connectivity index (χ0v) is 12.2. The molecule has 0 atom stereocenters. The lowest BCUT2D eigenvalue weighted by atomic mass is 10.1. The molecule has 5 nitrogen and oxygen atoms in total. The van der Waals surface area contributed by atoms with E-state index in [2.05, 4.69) is 22.8 Å². The van der Waals surface area contributed by atoms with Gasteiger partial charge in [0.1, 0.15) is 0 Å². The van der Waals surface area contributed by atoms with E-state index in [4.69, 9.17) is 9.47 Å². The van der Waals surface area contributed by atoms with E-state index in [-0.39, 0.29) is 19.2 Å². The van der Waals surface area contributed by atoms with Gasteiger partial charge < -0.3 is 20.1 Å². The van der Waals surface area contributed by atoms with Crippen LogP contribution in [0.3, 0.4) is 0 Å². The van der Waals surface area contributed by atoms with Crippen LogP contribution in [0.2, 0.25) is 0 Å². The van der Waals surface area contributed by atoms with Crippen molar-refractivity contribution in [3.63, 3.8) is 0 Å². The Morgan fingerprint density at radius 1 is 1.05 bits per heavy atom. The number of fused-ring (bicyclic) bond motifs is 1. The molecule has 0 aliphatic carbocycles. The fourth-order valence-electron chi connectivity index (χ4n) is 2.24. The highest BCUT2D eigenvalue weighted by atomic mass is 16.7. The second-order valence-electron chi connectivity index (χ2n) is 5.01. The minimum atomic E-state index is -0.0337. The zero-order valence-electron chi connectivity index (χ0n) is 12.2. The molecule has 2 aromatic rings. The molecular weight excluding hydrogens is 280 g/mol. The van der Waals surface area contributed by atoms with Crippen LogP contribution in [0.5, 0.6) is 11.5 Å². The Kier molecular flexibility index (Phi) is 4.44. The molecule has 0 saturated heterocycles. The first-order valence-electron chi connectivity index (χ1n) is 7.25. The van der Waals surface area contributed by atoms with E-state index in [1.54, 1.807) is 0 Å². The summed E-state index contributed by atoms with van der Waals surface area (Å²) in [5.74, 6) is 1.40. The van der Waals surface area contributed by atoms with E-state index >= 15 is 0 Å². The molecule has 3 rings (SSSR count). The van der Waals surface area contributed by atoms with E-state index in [1.165, 1.54) is 5.56 Å². The fraction of sp³-hybridized carbons (Fsp3) is 0.235. The van der Waals surface area contributed by atoms with Crippen LogP contribution >= 0.6 is 0 Å². The van der Waals surface area contributed by atoms with Crippen molar-refractivity contribution in [2.24, 2.45) is 0 Å². The van der Waals surface area contributed by atoms with E-state index in [1.807, 2.05) is 36.4 Å². The monoisotopic (exact) mass is 298 g/mol. The summed E-state index contributed by atoms with van der Waals surface area (Å²) in [7, 11) is 0. The second-order valence-corrected chi connectivity index (χ2v) is 5.01. The maximum absolute atomic E-state index is 11.8. The molecule has 0 fully saturated rings. The van der Waals surface area contributed by atoms with Crippen molar-refractivity contribution in [3.05, 3.63) is 54.1 Å². The van der Waals surface area contributed by atoms with Crippen LogP contribution in [0, 0.1) is 0 Å². The van der Waals surface area contributed by atoms with Gasteiger partial charge in [-0.25, -0.2) is 0 Å². The number of amides is 1. The smallest absolute Gasteiger partial charge is 0.239 e. The number of hydrogen-bond donors (Lipinski definition) is 2. The molecule has 0 saturated carbocycles. The molecule has 114 valence electrons. The second kappa shape index (κ2) is 6.85. The van der Waals surface area contributed by atoms with Crippen molar-refractivity contribution >= 4 is 11.6 Å². The van der Waals surface area contributed by atoms with Gasteiger partial charge in [0.15, 0.2) is 11.5 Å². The SMILES string of the molecule is O=C(CNc1ccc2c(c1)OCO2)NCCc1ccccc1. The Morgan fingerprint density at radius 2 is 1.86 bits per heavy atom. The Bertz CT molecular complexity index is 644. The first-order valence-corrected chi connectivity index (χ1v) is 7.25. The Hall–Kier alpha value is -2.69. The van der Waals surface area contributed by atoms with Gasteiger partial charge in [-0.2, -0.15) is 0 Å². The average Bonchev–Trinajstić information content (AvgIpc) is 3.01. The van der Waals surface area contributed by atoms with Gasteiger partial charge in [0.05, 0.1) is 6.54 Å². The minimum absolute atomic E-state index is 0.0337. The molecule has 2 aromatic carbocycles. The maximum Gasteiger partial charge on any atom is 0.239 e. The standard InChI is InChI=1S/C17H18N2O3/c20-17(18-9-8-13-4-2-1-3-5-13)11-19-14-6-7-15-16(10-14)22-12-21-15/h1-7,10,19H,8-9,11-12H2,(H,18,20). The van der Waals surface area contributed by atoms with Crippen LogP contribution in [0.4, 0.5) is 5.69 Å². The van der Waals surface area contributed by atoms with Crippen LogP contribution in [0.25, 0.3) is 0 Å². The maximum atomic E-state index is 11.8. The molecule has 1 amide bonds. The predicted molar refractivity (Wildman–Crippen MR) is 84.2 cm³/mol. The quantitative estimate of drug-likeness (QED) is 0.858. The predicted octanol–water partition coefficient (Wildman–Crippen LogP) is 2.19. The number of carbonyl (C=O) groups excluding carboxylic acids is 1. The van der Waals surface area contributed by atoms with Gasteiger partial charge in [0, 0.05) is 18.3 Å². The Morgan fingerprint density at radius 3 is 2.73 bits per heavy atom. The van der Waals surface area contributed by atoms with Gasteiger partial charge in [-0.15, -0.1) is 0 Å². The van der Waals surface area contributed by atoms with E-state index in [0.717, 1.165) is 17.9 Å². The van der Waals surface area contributed by atoms with Gasteiger partial charge in [-0.3, -0.25) is 4.79 Å². The third kappa shape index (κ3) is 3.69. The number of hydrogen-bond acceptors (Lipinski definition) is 4. The lowest BCUT2D eigenvalue weighted by Crippen LogP contribution is -2.31. The highest BCUT2D eigenvalue weighted by Crippen LogP contribution is 2.34. The van der Waals surface area contributed by atoms with Crippen molar-refractivity contribution in [2.75, 3.05) is 25.2 Å². The fourth-order valence-corrected chi connectivity index (χ4v) is 2.24. The lowest BCUT2D eigenvalue weighted by Gasteiger charge is -2.08. The Balaban J connectivity index is 1.41. The molecule has 0 aromatic heterocycles. The van der Waals surface area contributed by atoms with Crippen molar-refractivity contribution in [3.8, 4) is 11.5 Å². The van der Waals surface area contributed by atoms with Gasteiger partial charge in [0.2, 0.25) is 12.7 Å². The number of benzene rings is 2. The highest BCUT2D eigenvalue weighted by molar-refractivity contribution is 5.80. The third-order valence-corrected chi connectivity index (χ3v) is 3.40. The first-order chi connectivity index (χ1) is 10.8. The van der Waals surface area contributed by atoms with Gasteiger partial charge in [-0.05, 0) is 24.1 Å². The summed E-state index contributed by atoms with van der Waals surface area (Å²) < 4.78 is 10.5. The van der Waals surface area contributed by atoms with Crippen LogP contribution in [0.1, 0.15) is 5.56 Å². The molecule has 0 unspecified atom stereocenters. The van der Waals surface area contributed by atoms with Gasteiger partial charge >= 0.3 is 0 Å². The third-order valence-electron chi connectivity index (χ3n) is 3.40. The van der Waals surface area contributed by atoms with Crippen molar-refractivity contribution in [1.82, 2.24) is 5.32 Å². The summed E-state index contributed by atoms with van der Waals surface area (Å²) in [6.45, 7) is 1.11. The molecular formula is C17H18N2O3. The number of rotatable bonds is 6. The van der Waals surface area contributed by atoms with E-state index in [0.29, 0.717) is 12.3 Å². The molecule has 0 bridgehead atoms. The van der Waals surface area contributed by atoms with Gasteiger partial charge in [0.25, 0.3) is 0 Å². The normalized spacial score (nSPS) is 12.0. The topological polar surface area (TPSA) is 59.6 Å². The van der Waals surface area contributed by atoms with E-state index < -0.39 is 0 Å². The molecule has 1 heterocycles. The molecule has 0 spiro atoms. The molecule has 2 N–H and O–H groups in total. The van der Waals surface area contributed by atoms with Gasteiger partial charge in [-0.1, -0.05) is 30.3 Å². The molecule has 5 heteroatoms. The molecule has 1 aliphatic rings. The van der Waals surface area contributed by atoms with E-state index in [9.17, 15) is 4.79 Å². The number of ether oxygens (including phenoxy) is 2. The van der Waals surface area contributed by atoms with Crippen LogP contribution < -0.4 is 20.1 Å². The summed E-state index contributed by atoms with van der Waals surface area (Å²) in [6, 6.07) is 15.6. The summed E-state index contributed by atoms with van der Waals surface area (Å²) in [6.07, 6.45) is 0.830. The van der Waals surface area contributed by atoms with Crippen molar-refractivity contribution < 1.29 is 14.3 Å².